The average molecular weight is 1480 g/mol. The molecule has 0 spiro atoms. The predicted octanol–water partition coefficient (Wildman–Crippen LogP) is 15.9. The van der Waals surface area contributed by atoms with Gasteiger partial charge < -0.3 is 59.1 Å². The van der Waals surface area contributed by atoms with Gasteiger partial charge in [0.2, 0.25) is 23.6 Å². The van der Waals surface area contributed by atoms with E-state index < -0.39 is 17.3 Å². The van der Waals surface area contributed by atoms with Gasteiger partial charge in [-0.3, -0.25) is 19.6 Å². The lowest BCUT2D eigenvalue weighted by Gasteiger charge is -2.30. The van der Waals surface area contributed by atoms with E-state index in [9.17, 15) is 19.2 Å². The molecule has 20 nitrogen and oxygen atoms in total. The minimum Gasteiger partial charge on any atom is -0.481 e. The zero-order chi connectivity index (χ0) is 73.5. The quantitative estimate of drug-likeness (QED) is 0.0707. The number of aromatic nitrogens is 6. The molecule has 4 amide bonds. The summed E-state index contributed by atoms with van der Waals surface area (Å²) >= 11 is 28.6. The van der Waals surface area contributed by atoms with Crippen LogP contribution in [0.4, 0.5) is 9.59 Å². The van der Waals surface area contributed by atoms with Gasteiger partial charge in [0, 0.05) is 198 Å². The molecule has 10 heterocycles. The lowest BCUT2D eigenvalue weighted by molar-refractivity contribution is -0.120. The number of ether oxygens (including phenoxy) is 4. The zero-order valence-corrected chi connectivity index (χ0v) is 63.0. The largest absolute Gasteiger partial charge is 0.481 e. The third-order valence-electron chi connectivity index (χ3n) is 19.4. The molecule has 4 aliphatic rings. The Morgan fingerprint density at radius 3 is 1.64 bits per heavy atom. The minimum absolute atomic E-state index is 0.0337. The van der Waals surface area contributed by atoms with E-state index in [1.807, 2.05) is 120 Å². The summed E-state index contributed by atoms with van der Waals surface area (Å²) in [5, 5.41) is 17.1. The Morgan fingerprint density at radius 2 is 1.11 bits per heavy atom. The Labute approximate surface area is 625 Å². The number of amides is 4. The summed E-state index contributed by atoms with van der Waals surface area (Å²) in [6.07, 6.45) is 6.91. The molecule has 0 bridgehead atoms. The van der Waals surface area contributed by atoms with E-state index in [4.69, 9.17) is 85.3 Å². The summed E-state index contributed by atoms with van der Waals surface area (Å²) in [6.45, 7) is 15.7. The van der Waals surface area contributed by atoms with Gasteiger partial charge in [0.15, 0.2) is 0 Å². The number of rotatable bonds is 16. The summed E-state index contributed by atoms with van der Waals surface area (Å²) in [4.78, 5) is 72.1. The van der Waals surface area contributed by atoms with Crippen LogP contribution in [0.2, 0.25) is 20.1 Å². The van der Waals surface area contributed by atoms with Crippen LogP contribution in [0.1, 0.15) is 101 Å². The molecule has 6 aromatic heterocycles. The fraction of sp³-hybridized carbons (Fsp3) is 0.350. The predicted molar refractivity (Wildman–Crippen MR) is 409 cm³/mol. The molecular weight excluding hydrogens is 1400 g/mol. The number of hydrogen-bond donors (Lipinski definition) is 4. The molecule has 4 N–H and O–H groups in total. The van der Waals surface area contributed by atoms with Crippen molar-refractivity contribution in [2.75, 3.05) is 40.4 Å². The van der Waals surface area contributed by atoms with Gasteiger partial charge in [0.05, 0.1) is 70.2 Å². The van der Waals surface area contributed by atoms with Crippen LogP contribution in [-0.4, -0.2) is 127 Å². The Morgan fingerprint density at radius 1 is 0.596 bits per heavy atom. The number of methoxy groups -OCH3 is 2. The van der Waals surface area contributed by atoms with Crippen LogP contribution in [0.5, 0.6) is 11.8 Å². The Bertz CT molecular complexity index is 5000. The van der Waals surface area contributed by atoms with E-state index in [0.29, 0.717) is 129 Å². The summed E-state index contributed by atoms with van der Waals surface area (Å²) < 4.78 is 27.3. The molecule has 0 saturated carbocycles. The van der Waals surface area contributed by atoms with Gasteiger partial charge in [0.25, 0.3) is 0 Å². The summed E-state index contributed by atoms with van der Waals surface area (Å²) in [5.74, 6) is 0.925. The number of benzene rings is 4. The SMILES string of the molecule is COc1nc(-c2cccc(-c3ccnc(-c4ccc5c6c(n(C)c5c4)CCN(C(=O)OC(C)(C)C)C6)c3Cl)c2Cl)ccc1CN(C[C@@H]1CCC(=O)N1)C(=O)OC(C)(C)C.COc1nc(-c2cccc(-c3ccnc(-c4ccc5c6c(n(C)c5c4)CCNC6)c3Cl)c2Cl)ccc1CNC[C@@H]1CCC(=O)N1. The van der Waals surface area contributed by atoms with Crippen LogP contribution in [0, 0.1) is 0 Å². The topological polar surface area (TPSA) is 221 Å². The van der Waals surface area contributed by atoms with Gasteiger partial charge in [-0.2, -0.15) is 0 Å². The number of carbonyl (C=O) groups excluding carboxylic acids is 4. The molecule has 104 heavy (non-hydrogen) atoms. The highest BCUT2D eigenvalue weighted by atomic mass is 35.5. The molecule has 2 fully saturated rings. The summed E-state index contributed by atoms with van der Waals surface area (Å²) in [6, 6.07) is 35.6. The average Bonchev–Trinajstić information content (AvgIpc) is 1.58. The first-order chi connectivity index (χ1) is 49.8. The maximum Gasteiger partial charge on any atom is 0.410 e. The summed E-state index contributed by atoms with van der Waals surface area (Å²) in [7, 11) is 7.33. The maximum atomic E-state index is 13.3. The smallest absolute Gasteiger partial charge is 0.410 e. The lowest BCUT2D eigenvalue weighted by atomic mass is 9.99. The molecule has 0 unspecified atom stereocenters. The fourth-order valence-electron chi connectivity index (χ4n) is 14.3. The van der Waals surface area contributed by atoms with Crippen molar-refractivity contribution in [2.45, 2.75) is 130 Å². The van der Waals surface area contributed by atoms with Crippen LogP contribution in [-0.2, 0) is 72.2 Å². The number of hydrogen-bond acceptors (Lipinski definition) is 14. The molecule has 14 rings (SSSR count). The van der Waals surface area contributed by atoms with Crippen molar-refractivity contribution in [3.63, 3.8) is 0 Å². The molecule has 0 radical (unpaired) electrons. The molecule has 540 valence electrons. The molecular formula is C80H84Cl4N12O8. The number of nitrogens with zero attached hydrogens (tertiary/aromatic N) is 8. The Hall–Kier alpha value is -9.28. The number of carbonyl (C=O) groups is 4. The Balaban J connectivity index is 0.000000191. The first kappa shape index (κ1) is 73.0. The van der Waals surface area contributed by atoms with Gasteiger partial charge in [-0.05, 0) is 102 Å². The molecule has 4 aliphatic heterocycles. The van der Waals surface area contributed by atoms with E-state index in [2.05, 4.69) is 74.8 Å². The van der Waals surface area contributed by atoms with Crippen LogP contribution in [0.15, 0.2) is 122 Å². The van der Waals surface area contributed by atoms with Crippen molar-refractivity contribution in [3.05, 3.63) is 175 Å². The van der Waals surface area contributed by atoms with Gasteiger partial charge in [-0.25, -0.2) is 19.6 Å². The van der Waals surface area contributed by atoms with Crippen molar-refractivity contribution < 1.29 is 38.1 Å². The van der Waals surface area contributed by atoms with E-state index in [1.54, 1.807) is 29.3 Å². The monoisotopic (exact) mass is 1480 g/mol. The minimum atomic E-state index is -0.704. The fourth-order valence-corrected chi connectivity index (χ4v) is 15.6. The van der Waals surface area contributed by atoms with E-state index in [1.165, 1.54) is 35.0 Å². The van der Waals surface area contributed by atoms with Crippen LogP contribution in [0.3, 0.4) is 0 Å². The summed E-state index contributed by atoms with van der Waals surface area (Å²) in [5.41, 5.74) is 16.4. The highest BCUT2D eigenvalue weighted by Crippen LogP contribution is 2.46. The van der Waals surface area contributed by atoms with Crippen LogP contribution >= 0.6 is 46.4 Å². The molecule has 10 aromatic rings. The molecule has 4 aromatic carbocycles. The number of fused-ring (bicyclic) bond motifs is 6. The van der Waals surface area contributed by atoms with Crippen molar-refractivity contribution >= 4 is 92.2 Å². The maximum absolute atomic E-state index is 13.3. The third-order valence-corrected chi connectivity index (χ3v) is 21.0. The number of halogens is 4. The third kappa shape index (κ3) is 15.4. The van der Waals surface area contributed by atoms with E-state index in [0.717, 1.165) is 75.8 Å². The molecule has 2 saturated heterocycles. The Kier molecular flexibility index (Phi) is 21.4. The van der Waals surface area contributed by atoms with Crippen molar-refractivity contribution in [1.29, 1.82) is 0 Å². The van der Waals surface area contributed by atoms with Gasteiger partial charge in [-0.15, -0.1) is 0 Å². The standard InChI is InChI=1S/C45H50Cl2N6O6.C35H34Cl2N6O2/c1-44(2,3)58-42(55)52-21-19-35-33(25-52)29-15-12-26(22-36(29)51(35)7)40-39(47)31(18-20-48-40)30-10-9-11-32(38(30)46)34-16-13-27(41(50-34)57-8)23-53(43(56)59-45(4,5)6)24-28-14-17-37(54)49-28;1-43-29-13-14-38-19-27(29)23-9-6-20(16-30(23)43)34-33(37)25(12-15-40-34)24-4-3-5-26(32(24)36)28-10-7-21(35(42-28)45-2)17-39-18-22-8-11-31(44)41-22/h9-13,15-16,18,20,22,28H,14,17,19,21,23-25H2,1-8H3,(H,49,54);3-7,9-10,12,15-16,22,38-39H,8,11,13-14,17-19H2,1-2H3,(H,41,44)/t28-;22-/m00/s1. The van der Waals surface area contributed by atoms with E-state index in [-0.39, 0.29) is 43.1 Å². The number of aryl methyl sites for hydroxylation is 2. The van der Waals surface area contributed by atoms with Gasteiger partial charge in [0.1, 0.15) is 11.2 Å². The highest BCUT2D eigenvalue weighted by molar-refractivity contribution is 6.40. The van der Waals surface area contributed by atoms with Gasteiger partial charge >= 0.3 is 12.2 Å². The molecule has 24 heteroatoms. The normalized spacial score (nSPS) is 15.8. The number of pyridine rings is 4. The van der Waals surface area contributed by atoms with Crippen molar-refractivity contribution in [3.8, 4) is 79.0 Å². The number of nitrogens with one attached hydrogen (secondary N) is 4. The lowest BCUT2D eigenvalue weighted by Crippen LogP contribution is -2.43. The van der Waals surface area contributed by atoms with Crippen molar-refractivity contribution in [1.82, 2.24) is 60.1 Å². The second-order valence-corrected chi connectivity index (χ2v) is 30.2. The first-order valence-electron chi connectivity index (χ1n) is 35.0. The van der Waals surface area contributed by atoms with Gasteiger partial charge in [-0.1, -0.05) is 113 Å². The zero-order valence-electron chi connectivity index (χ0n) is 60.0. The second-order valence-electron chi connectivity index (χ2n) is 28.7. The highest BCUT2D eigenvalue weighted by Gasteiger charge is 2.33. The molecule has 2 atom stereocenters. The first-order valence-corrected chi connectivity index (χ1v) is 36.5. The molecule has 0 aliphatic carbocycles. The van der Waals surface area contributed by atoms with Crippen molar-refractivity contribution in [2.24, 2.45) is 14.1 Å². The van der Waals surface area contributed by atoms with Crippen LogP contribution in [0.25, 0.3) is 89.1 Å². The van der Waals surface area contributed by atoms with Crippen LogP contribution < -0.4 is 30.7 Å². The van der Waals surface area contributed by atoms with E-state index >= 15 is 0 Å². The second kappa shape index (κ2) is 30.4.